The minimum atomic E-state index is -4.19. The summed E-state index contributed by atoms with van der Waals surface area (Å²) in [5.41, 5.74) is -1.05. The van der Waals surface area contributed by atoms with Crippen molar-refractivity contribution in [3.05, 3.63) is 52.1 Å². The summed E-state index contributed by atoms with van der Waals surface area (Å²) < 4.78 is 33.8. The molecule has 2 heterocycles. The summed E-state index contributed by atoms with van der Waals surface area (Å²) in [7, 11) is -6.86. The standard InChI is InChI=1S/C20H28N2O6SSi/c1-14-7-9-16(10-8-14)29(26,27)21-15-11-12-20(18(21)23,17(13-15)22(24)25)28-30(5,6)19(2,3)4/h7-12,15,17H,13H2,1-6H3/t15-,17+,20-/m0/s1. The number of nitrogens with zero attached hydrogens (tertiary/aromatic N) is 2. The summed E-state index contributed by atoms with van der Waals surface area (Å²) in [6.07, 6.45) is 2.86. The first-order chi connectivity index (χ1) is 13.6. The van der Waals surface area contributed by atoms with Crippen molar-refractivity contribution in [3.8, 4) is 0 Å². The molecule has 8 nitrogen and oxygen atoms in total. The number of nitro groups is 1. The summed E-state index contributed by atoms with van der Waals surface area (Å²) in [4.78, 5) is 24.9. The average Bonchev–Trinajstić information content (AvgIpc) is 2.61. The lowest BCUT2D eigenvalue weighted by molar-refractivity contribution is -0.541. The smallest absolute Gasteiger partial charge is 0.279 e. The molecule has 4 rings (SSSR count). The van der Waals surface area contributed by atoms with Crippen molar-refractivity contribution in [1.82, 2.24) is 4.31 Å². The van der Waals surface area contributed by atoms with Crippen LogP contribution in [0.25, 0.3) is 0 Å². The van der Waals surface area contributed by atoms with Gasteiger partial charge >= 0.3 is 0 Å². The van der Waals surface area contributed by atoms with Crippen LogP contribution in [-0.2, 0) is 19.2 Å². The Labute approximate surface area is 178 Å². The molecular weight excluding hydrogens is 424 g/mol. The van der Waals surface area contributed by atoms with Crippen LogP contribution in [0.4, 0.5) is 0 Å². The molecule has 1 amide bonds. The lowest BCUT2D eigenvalue weighted by atomic mass is 9.79. The Kier molecular flexibility index (Phi) is 5.28. The molecule has 10 heteroatoms. The van der Waals surface area contributed by atoms with E-state index in [1.165, 1.54) is 18.2 Å². The number of piperidine rings is 1. The number of fused-ring (bicyclic) bond motifs is 2. The van der Waals surface area contributed by atoms with Gasteiger partial charge in [0.1, 0.15) is 0 Å². The average molecular weight is 453 g/mol. The third kappa shape index (κ3) is 3.40. The second-order valence-corrected chi connectivity index (χ2v) is 16.1. The first-order valence-corrected chi connectivity index (χ1v) is 14.2. The van der Waals surface area contributed by atoms with Crippen molar-refractivity contribution < 1.29 is 22.6 Å². The quantitative estimate of drug-likeness (QED) is 0.294. The van der Waals surface area contributed by atoms with Crippen LogP contribution in [0.5, 0.6) is 0 Å². The minimum absolute atomic E-state index is 0.0254. The van der Waals surface area contributed by atoms with Crippen LogP contribution in [0.3, 0.4) is 0 Å². The highest BCUT2D eigenvalue weighted by atomic mass is 32.2. The third-order valence-corrected chi connectivity index (χ3v) is 12.7. The molecule has 1 fully saturated rings. The SMILES string of the molecule is Cc1ccc(S(=O)(=O)N2C(=O)[C@]3(O[Si](C)(C)C(C)(C)C)C=C[C@H]2C[C@H]3[N+](=O)[O-])cc1. The number of amides is 1. The van der Waals surface area contributed by atoms with Gasteiger partial charge in [-0.3, -0.25) is 14.9 Å². The molecule has 3 aliphatic rings. The number of hydrogen-bond acceptors (Lipinski definition) is 6. The molecule has 1 aromatic carbocycles. The summed E-state index contributed by atoms with van der Waals surface area (Å²) in [5, 5.41) is 11.6. The Morgan fingerprint density at radius 1 is 1.23 bits per heavy atom. The Hall–Kier alpha value is -2.04. The highest BCUT2D eigenvalue weighted by Crippen LogP contribution is 2.47. The number of sulfonamides is 1. The minimum Gasteiger partial charge on any atom is -0.395 e. The normalized spacial score (nSPS) is 26.9. The van der Waals surface area contributed by atoms with Gasteiger partial charge < -0.3 is 4.43 Å². The topological polar surface area (TPSA) is 107 Å². The highest BCUT2D eigenvalue weighted by Gasteiger charge is 2.66. The van der Waals surface area contributed by atoms with Gasteiger partial charge in [-0.15, -0.1) is 0 Å². The van der Waals surface area contributed by atoms with Gasteiger partial charge in [-0.25, -0.2) is 12.7 Å². The summed E-state index contributed by atoms with van der Waals surface area (Å²) in [6, 6.07) is 3.93. The molecule has 30 heavy (non-hydrogen) atoms. The number of benzene rings is 1. The Morgan fingerprint density at radius 3 is 2.30 bits per heavy atom. The first-order valence-electron chi connectivity index (χ1n) is 9.82. The Morgan fingerprint density at radius 2 is 1.80 bits per heavy atom. The molecule has 0 unspecified atom stereocenters. The van der Waals surface area contributed by atoms with Gasteiger partial charge in [0.05, 0.1) is 10.9 Å². The fourth-order valence-corrected chi connectivity index (χ4v) is 6.66. The lowest BCUT2D eigenvalue weighted by Gasteiger charge is -2.51. The molecule has 0 spiro atoms. The van der Waals surface area contributed by atoms with E-state index in [1.807, 2.05) is 40.8 Å². The fourth-order valence-electron chi connectivity index (χ4n) is 3.63. The van der Waals surface area contributed by atoms with Crippen LogP contribution < -0.4 is 0 Å². The van der Waals surface area contributed by atoms with Crippen LogP contribution in [0.2, 0.25) is 18.1 Å². The zero-order chi connectivity index (χ0) is 22.7. The monoisotopic (exact) mass is 452 g/mol. The van der Waals surface area contributed by atoms with Crippen molar-refractivity contribution in [1.29, 1.82) is 0 Å². The van der Waals surface area contributed by atoms with Gasteiger partial charge in [0.25, 0.3) is 22.0 Å². The molecule has 1 saturated heterocycles. The first kappa shape index (κ1) is 22.6. The number of aryl methyl sites for hydroxylation is 1. The van der Waals surface area contributed by atoms with E-state index in [-0.39, 0.29) is 16.4 Å². The van der Waals surface area contributed by atoms with Crippen LogP contribution in [-0.4, -0.2) is 49.6 Å². The second kappa shape index (κ2) is 6.99. The van der Waals surface area contributed by atoms with E-state index < -0.39 is 46.9 Å². The molecule has 2 aliphatic heterocycles. The molecule has 1 aliphatic carbocycles. The second-order valence-electron chi connectivity index (χ2n) is 9.54. The maximum Gasteiger partial charge on any atom is 0.279 e. The molecule has 3 atom stereocenters. The van der Waals surface area contributed by atoms with Gasteiger partial charge in [-0.2, -0.15) is 0 Å². The van der Waals surface area contributed by atoms with Gasteiger partial charge in [-0.05, 0) is 43.3 Å². The van der Waals surface area contributed by atoms with E-state index in [9.17, 15) is 23.3 Å². The van der Waals surface area contributed by atoms with Gasteiger partial charge in [0, 0.05) is 11.3 Å². The Bertz CT molecular complexity index is 1010. The van der Waals surface area contributed by atoms with Gasteiger partial charge in [0.2, 0.25) is 5.60 Å². The molecule has 0 N–H and O–H groups in total. The van der Waals surface area contributed by atoms with E-state index in [4.69, 9.17) is 4.43 Å². The third-order valence-electron chi connectivity index (χ3n) is 6.42. The van der Waals surface area contributed by atoms with E-state index in [1.54, 1.807) is 18.2 Å². The predicted octanol–water partition coefficient (Wildman–Crippen LogP) is 3.26. The van der Waals surface area contributed by atoms with Crippen LogP contribution in [0.1, 0.15) is 32.8 Å². The fraction of sp³-hybridized carbons (Fsp3) is 0.550. The largest absolute Gasteiger partial charge is 0.395 e. The van der Waals surface area contributed by atoms with E-state index >= 15 is 0 Å². The molecule has 2 bridgehead atoms. The van der Waals surface area contributed by atoms with Crippen molar-refractivity contribution in [2.24, 2.45) is 0 Å². The molecule has 0 radical (unpaired) electrons. The van der Waals surface area contributed by atoms with Crippen molar-refractivity contribution in [2.75, 3.05) is 0 Å². The zero-order valence-corrected chi connectivity index (χ0v) is 19.9. The van der Waals surface area contributed by atoms with Crippen molar-refractivity contribution >= 4 is 24.2 Å². The van der Waals surface area contributed by atoms with Crippen molar-refractivity contribution in [3.63, 3.8) is 0 Å². The molecule has 0 saturated carbocycles. The van der Waals surface area contributed by atoms with Gasteiger partial charge in [0.15, 0.2) is 8.32 Å². The lowest BCUT2D eigenvalue weighted by Crippen LogP contribution is -2.72. The Balaban J connectivity index is 2.12. The summed E-state index contributed by atoms with van der Waals surface area (Å²) in [6.45, 7) is 11.5. The molecular formula is C20H28N2O6SSi. The van der Waals surface area contributed by atoms with Gasteiger partial charge in [-0.1, -0.05) is 44.5 Å². The molecule has 1 aromatic rings. The van der Waals surface area contributed by atoms with E-state index in [0.717, 1.165) is 9.87 Å². The van der Waals surface area contributed by atoms with E-state index in [2.05, 4.69) is 0 Å². The summed E-state index contributed by atoms with van der Waals surface area (Å²) >= 11 is 0. The van der Waals surface area contributed by atoms with Crippen LogP contribution in [0.15, 0.2) is 41.3 Å². The molecule has 0 aromatic heterocycles. The maximum absolute atomic E-state index is 13.6. The van der Waals surface area contributed by atoms with Crippen molar-refractivity contribution in [2.45, 2.75) is 74.8 Å². The van der Waals surface area contributed by atoms with Crippen LogP contribution >= 0.6 is 0 Å². The predicted molar refractivity (Wildman–Crippen MR) is 115 cm³/mol. The molecule has 164 valence electrons. The zero-order valence-electron chi connectivity index (χ0n) is 18.1. The summed E-state index contributed by atoms with van der Waals surface area (Å²) in [5.74, 6) is -0.881. The number of carbonyl (C=O) groups is 1. The van der Waals surface area contributed by atoms with Crippen LogP contribution in [0, 0.1) is 17.0 Å². The highest BCUT2D eigenvalue weighted by molar-refractivity contribution is 7.89. The number of rotatable bonds is 5. The number of carbonyl (C=O) groups excluding carboxylic acids is 1. The maximum atomic E-state index is 13.6. The number of hydrogen-bond donors (Lipinski definition) is 0. The van der Waals surface area contributed by atoms with E-state index in [0.29, 0.717) is 0 Å².